The number of nitrogens with one attached hydrogen (secondary N) is 2. The van der Waals surface area contributed by atoms with Crippen LogP contribution in [0.2, 0.25) is 5.02 Å². The average molecular weight is 457 g/mol. The first-order chi connectivity index (χ1) is 15.4. The molecule has 7 nitrogen and oxygen atoms in total. The van der Waals surface area contributed by atoms with Crippen LogP contribution in [0.1, 0.15) is 17.5 Å². The van der Waals surface area contributed by atoms with E-state index in [1.54, 1.807) is 0 Å². The third-order valence-corrected chi connectivity index (χ3v) is 6.19. The number of piperazine rings is 1. The van der Waals surface area contributed by atoms with Crippen LogP contribution in [0.3, 0.4) is 0 Å². The molecule has 8 heteroatoms. The molecule has 32 heavy (non-hydrogen) atoms. The first-order valence-corrected chi connectivity index (χ1v) is 11.3. The molecular formula is C24H29ClN4O3. The lowest BCUT2D eigenvalue weighted by Gasteiger charge is -2.37. The molecule has 0 bridgehead atoms. The minimum Gasteiger partial charge on any atom is -0.478 e. The summed E-state index contributed by atoms with van der Waals surface area (Å²) < 4.78 is 5.74. The summed E-state index contributed by atoms with van der Waals surface area (Å²) in [5.74, 6) is 0.125. The van der Waals surface area contributed by atoms with E-state index < -0.39 is 6.10 Å². The van der Waals surface area contributed by atoms with E-state index in [9.17, 15) is 9.59 Å². The number of carbonyl (C=O) groups excluding carboxylic acids is 2. The molecule has 2 aliphatic heterocycles. The zero-order chi connectivity index (χ0) is 22.7. The summed E-state index contributed by atoms with van der Waals surface area (Å²) in [6.45, 7) is 9.05. The molecule has 2 N–H and O–H groups in total. The monoisotopic (exact) mass is 456 g/mol. The number of hydrogen-bond acceptors (Lipinski definition) is 5. The van der Waals surface area contributed by atoms with Crippen LogP contribution >= 0.6 is 11.6 Å². The maximum absolute atomic E-state index is 12.4. The van der Waals surface area contributed by atoms with Gasteiger partial charge in [0.2, 0.25) is 5.91 Å². The summed E-state index contributed by atoms with van der Waals surface area (Å²) in [7, 11) is 0. The van der Waals surface area contributed by atoms with Crippen molar-refractivity contribution in [1.29, 1.82) is 0 Å². The van der Waals surface area contributed by atoms with Gasteiger partial charge in [-0.3, -0.25) is 14.5 Å². The van der Waals surface area contributed by atoms with Gasteiger partial charge >= 0.3 is 0 Å². The molecule has 2 aromatic rings. The van der Waals surface area contributed by atoms with Gasteiger partial charge in [0.05, 0.1) is 12.1 Å². The van der Waals surface area contributed by atoms with Gasteiger partial charge in [-0.1, -0.05) is 23.7 Å². The maximum atomic E-state index is 12.4. The summed E-state index contributed by atoms with van der Waals surface area (Å²) in [4.78, 5) is 29.3. The number of halogens is 1. The summed E-state index contributed by atoms with van der Waals surface area (Å²) in [5.41, 5.74) is 4.10. The lowest BCUT2D eigenvalue weighted by Crippen LogP contribution is -2.49. The van der Waals surface area contributed by atoms with Crippen molar-refractivity contribution in [2.45, 2.75) is 26.4 Å². The summed E-state index contributed by atoms with van der Waals surface area (Å²) >= 11 is 6.16. The zero-order valence-corrected chi connectivity index (χ0v) is 19.2. The summed E-state index contributed by atoms with van der Waals surface area (Å²) in [5, 5.41) is 6.50. The molecule has 1 atom stereocenters. The largest absolute Gasteiger partial charge is 0.478 e. The van der Waals surface area contributed by atoms with Crippen molar-refractivity contribution < 1.29 is 14.3 Å². The smallest absolute Gasteiger partial charge is 0.266 e. The number of hydrogen-bond donors (Lipinski definition) is 2. The number of benzene rings is 2. The Kier molecular flexibility index (Phi) is 6.86. The number of nitrogens with zero attached hydrogens (tertiary/aromatic N) is 2. The highest BCUT2D eigenvalue weighted by molar-refractivity contribution is 6.30. The Morgan fingerprint density at radius 2 is 1.94 bits per heavy atom. The van der Waals surface area contributed by atoms with E-state index in [0.29, 0.717) is 18.0 Å². The van der Waals surface area contributed by atoms with Gasteiger partial charge in [0, 0.05) is 50.0 Å². The molecule has 0 aliphatic carbocycles. The normalized spacial score (nSPS) is 18.5. The minimum absolute atomic E-state index is 0.000963. The Hall–Kier alpha value is -2.77. The van der Waals surface area contributed by atoms with Crippen molar-refractivity contribution in [2.24, 2.45) is 0 Å². The maximum Gasteiger partial charge on any atom is 0.266 e. The van der Waals surface area contributed by atoms with E-state index in [0.717, 1.165) is 43.3 Å². The van der Waals surface area contributed by atoms with Gasteiger partial charge in [-0.25, -0.2) is 0 Å². The van der Waals surface area contributed by atoms with Gasteiger partial charge in [-0.15, -0.1) is 0 Å². The van der Waals surface area contributed by atoms with E-state index in [4.69, 9.17) is 16.3 Å². The number of amides is 2. The molecule has 1 saturated heterocycles. The lowest BCUT2D eigenvalue weighted by molar-refractivity contribution is -0.130. The SMILES string of the molecule is Cc1ccc2c(c1)NC(=O)[C@@H](CC(=O)NCCN1CCN(c3cc(Cl)ccc3C)CC1)O2. The number of aryl methyl sites for hydroxylation is 2. The molecule has 0 saturated carbocycles. The fourth-order valence-electron chi connectivity index (χ4n) is 4.13. The molecule has 4 rings (SSSR count). The van der Waals surface area contributed by atoms with Gasteiger partial charge in [-0.05, 0) is 49.2 Å². The number of fused-ring (bicyclic) bond motifs is 1. The first kappa shape index (κ1) is 22.4. The van der Waals surface area contributed by atoms with Crippen molar-refractivity contribution in [3.63, 3.8) is 0 Å². The highest BCUT2D eigenvalue weighted by Crippen LogP contribution is 2.31. The van der Waals surface area contributed by atoms with Crippen molar-refractivity contribution in [3.05, 3.63) is 52.5 Å². The summed E-state index contributed by atoms with van der Waals surface area (Å²) in [6, 6.07) is 11.6. The van der Waals surface area contributed by atoms with Crippen LogP contribution in [0.15, 0.2) is 36.4 Å². The molecule has 2 amide bonds. The van der Waals surface area contributed by atoms with Crippen LogP contribution in [0, 0.1) is 13.8 Å². The molecule has 0 spiro atoms. The van der Waals surface area contributed by atoms with Gasteiger partial charge in [-0.2, -0.15) is 0 Å². The van der Waals surface area contributed by atoms with Gasteiger partial charge in [0.1, 0.15) is 5.75 Å². The second-order valence-electron chi connectivity index (χ2n) is 8.41. The molecule has 0 aromatic heterocycles. The number of ether oxygens (including phenoxy) is 1. The molecular weight excluding hydrogens is 428 g/mol. The van der Waals surface area contributed by atoms with Gasteiger partial charge in [0.15, 0.2) is 6.10 Å². The number of rotatable bonds is 6. The molecule has 170 valence electrons. The van der Waals surface area contributed by atoms with Gasteiger partial charge < -0.3 is 20.3 Å². The molecule has 1 fully saturated rings. The van der Waals surface area contributed by atoms with Crippen LogP contribution in [0.25, 0.3) is 0 Å². The predicted octanol–water partition coefficient (Wildman–Crippen LogP) is 2.98. The second kappa shape index (κ2) is 9.79. The standard InChI is InChI=1S/C24H29ClN4O3/c1-16-3-6-21-19(13-16)27-24(31)22(32-21)15-23(30)26-7-8-28-9-11-29(12-10-28)20-14-18(25)5-4-17(20)2/h3-6,13-14,22H,7-12,15H2,1-2H3,(H,26,30)(H,27,31)/t22-/m1/s1. The fraction of sp³-hybridized carbons (Fsp3) is 0.417. The van der Waals surface area contributed by atoms with Crippen LogP contribution in [-0.4, -0.2) is 62.1 Å². The Morgan fingerprint density at radius 3 is 2.72 bits per heavy atom. The van der Waals surface area contributed by atoms with Crippen molar-refractivity contribution >= 4 is 34.8 Å². The van der Waals surface area contributed by atoms with Gasteiger partial charge in [0.25, 0.3) is 5.91 Å². The Balaban J connectivity index is 1.19. The average Bonchev–Trinajstić information content (AvgIpc) is 2.77. The van der Waals surface area contributed by atoms with E-state index in [1.807, 2.05) is 37.3 Å². The molecule has 2 aromatic carbocycles. The Bertz CT molecular complexity index is 1000. The van der Waals surface area contributed by atoms with Crippen molar-refractivity contribution in [1.82, 2.24) is 10.2 Å². The lowest BCUT2D eigenvalue weighted by atomic mass is 10.1. The molecule has 0 radical (unpaired) electrons. The molecule has 2 heterocycles. The van der Waals surface area contributed by atoms with Crippen LogP contribution < -0.4 is 20.3 Å². The zero-order valence-electron chi connectivity index (χ0n) is 18.5. The highest BCUT2D eigenvalue weighted by atomic mass is 35.5. The van der Waals surface area contributed by atoms with E-state index in [1.165, 1.54) is 11.3 Å². The molecule has 2 aliphatic rings. The second-order valence-corrected chi connectivity index (χ2v) is 8.85. The number of anilines is 2. The third kappa shape index (κ3) is 5.34. The van der Waals surface area contributed by atoms with Crippen molar-refractivity contribution in [3.8, 4) is 5.75 Å². The first-order valence-electron chi connectivity index (χ1n) is 11.0. The van der Waals surface area contributed by atoms with E-state index in [2.05, 4.69) is 33.4 Å². The van der Waals surface area contributed by atoms with E-state index in [-0.39, 0.29) is 18.2 Å². The predicted molar refractivity (Wildman–Crippen MR) is 127 cm³/mol. The highest BCUT2D eigenvalue weighted by Gasteiger charge is 2.29. The third-order valence-electron chi connectivity index (χ3n) is 5.96. The van der Waals surface area contributed by atoms with Crippen LogP contribution in [0.5, 0.6) is 5.75 Å². The number of carbonyl (C=O) groups is 2. The van der Waals surface area contributed by atoms with Crippen LogP contribution in [-0.2, 0) is 9.59 Å². The fourth-order valence-corrected chi connectivity index (χ4v) is 4.29. The van der Waals surface area contributed by atoms with E-state index >= 15 is 0 Å². The minimum atomic E-state index is -0.810. The van der Waals surface area contributed by atoms with Crippen LogP contribution in [0.4, 0.5) is 11.4 Å². The summed E-state index contributed by atoms with van der Waals surface area (Å²) in [6.07, 6.45) is -0.810. The van der Waals surface area contributed by atoms with Crippen molar-refractivity contribution in [2.75, 3.05) is 49.5 Å². The topological polar surface area (TPSA) is 73.9 Å². The molecule has 0 unspecified atom stereocenters. The Morgan fingerprint density at radius 1 is 1.16 bits per heavy atom. The quantitative estimate of drug-likeness (QED) is 0.699. The Labute approximate surface area is 193 Å².